The van der Waals surface area contributed by atoms with Crippen LogP contribution >= 0.6 is 0 Å². The van der Waals surface area contributed by atoms with Crippen molar-refractivity contribution >= 4 is 10.0 Å². The van der Waals surface area contributed by atoms with Crippen LogP contribution in [0.3, 0.4) is 0 Å². The normalized spacial score (nSPS) is 13.9. The smallest absolute Gasteiger partial charge is 0.243 e. The van der Waals surface area contributed by atoms with E-state index in [4.69, 9.17) is 0 Å². The lowest BCUT2D eigenvalue weighted by atomic mass is 10.0. The number of benzene rings is 1. The summed E-state index contributed by atoms with van der Waals surface area (Å²) in [5.74, 6) is 0. The van der Waals surface area contributed by atoms with Crippen molar-refractivity contribution < 1.29 is 8.42 Å². The maximum Gasteiger partial charge on any atom is 0.243 e. The van der Waals surface area contributed by atoms with Crippen molar-refractivity contribution in [2.75, 3.05) is 13.6 Å². The molecule has 21 heavy (non-hydrogen) atoms. The standard InChI is InChI=1S/C16H28N2O2S/c1-6-11-17-16(7-2)14-9-8-10-15(12-14)21(19,20)18(5)13(3)4/h8-10,12-13,16-17H,6-7,11H2,1-5H3. The fraction of sp³-hybridized carbons (Fsp3) is 0.625. The van der Waals surface area contributed by atoms with Crippen LogP contribution in [0.4, 0.5) is 0 Å². The first-order valence-corrected chi connectivity index (χ1v) is 9.09. The Morgan fingerprint density at radius 1 is 1.24 bits per heavy atom. The molecule has 0 aliphatic heterocycles. The van der Waals surface area contributed by atoms with Gasteiger partial charge in [-0.1, -0.05) is 26.0 Å². The number of hydrogen-bond acceptors (Lipinski definition) is 3. The molecule has 1 atom stereocenters. The molecule has 0 aromatic heterocycles. The van der Waals surface area contributed by atoms with Crippen LogP contribution in [-0.2, 0) is 10.0 Å². The molecule has 0 radical (unpaired) electrons. The Kier molecular flexibility index (Phi) is 6.84. The van der Waals surface area contributed by atoms with E-state index in [-0.39, 0.29) is 12.1 Å². The fourth-order valence-electron chi connectivity index (χ4n) is 2.15. The monoisotopic (exact) mass is 312 g/mol. The molecule has 0 saturated carbocycles. The topological polar surface area (TPSA) is 49.4 Å². The summed E-state index contributed by atoms with van der Waals surface area (Å²) in [4.78, 5) is 0.368. The van der Waals surface area contributed by atoms with Crippen LogP contribution < -0.4 is 5.32 Å². The minimum atomic E-state index is -3.42. The molecule has 0 aliphatic rings. The lowest BCUT2D eigenvalue weighted by molar-refractivity contribution is 0.410. The molecule has 0 heterocycles. The minimum Gasteiger partial charge on any atom is -0.310 e. The molecule has 1 rings (SSSR count). The van der Waals surface area contributed by atoms with Gasteiger partial charge in [0.25, 0.3) is 0 Å². The fourth-order valence-corrected chi connectivity index (χ4v) is 3.58. The first kappa shape index (κ1) is 18.1. The average molecular weight is 312 g/mol. The molecule has 0 fully saturated rings. The van der Waals surface area contributed by atoms with E-state index < -0.39 is 10.0 Å². The van der Waals surface area contributed by atoms with Gasteiger partial charge >= 0.3 is 0 Å². The summed E-state index contributed by atoms with van der Waals surface area (Å²) in [5.41, 5.74) is 1.03. The number of hydrogen-bond donors (Lipinski definition) is 1. The molecule has 1 unspecified atom stereocenters. The van der Waals surface area contributed by atoms with E-state index in [0.717, 1.165) is 24.9 Å². The van der Waals surface area contributed by atoms with Crippen LogP contribution in [0.25, 0.3) is 0 Å². The van der Waals surface area contributed by atoms with E-state index in [0.29, 0.717) is 4.90 Å². The van der Waals surface area contributed by atoms with Crippen molar-refractivity contribution in [2.24, 2.45) is 0 Å². The second kappa shape index (κ2) is 7.92. The van der Waals surface area contributed by atoms with Gasteiger partial charge < -0.3 is 5.32 Å². The van der Waals surface area contributed by atoms with Crippen LogP contribution in [-0.4, -0.2) is 32.4 Å². The quantitative estimate of drug-likeness (QED) is 0.802. The van der Waals surface area contributed by atoms with E-state index in [1.165, 1.54) is 4.31 Å². The lowest BCUT2D eigenvalue weighted by Crippen LogP contribution is -2.33. The van der Waals surface area contributed by atoms with Crippen LogP contribution in [0.5, 0.6) is 0 Å². The summed E-state index contributed by atoms with van der Waals surface area (Å²) in [6, 6.07) is 7.43. The van der Waals surface area contributed by atoms with Gasteiger partial charge in [0.1, 0.15) is 0 Å². The zero-order chi connectivity index (χ0) is 16.0. The second-order valence-electron chi connectivity index (χ2n) is 5.60. The molecule has 1 aromatic carbocycles. The highest BCUT2D eigenvalue weighted by molar-refractivity contribution is 7.89. The predicted octanol–water partition coefficient (Wildman–Crippen LogP) is 3.17. The van der Waals surface area contributed by atoms with Gasteiger partial charge in [-0.25, -0.2) is 8.42 Å². The first-order chi connectivity index (χ1) is 9.84. The third-order valence-corrected chi connectivity index (χ3v) is 5.74. The Morgan fingerprint density at radius 2 is 1.90 bits per heavy atom. The van der Waals surface area contributed by atoms with Gasteiger partial charge in [-0.2, -0.15) is 4.31 Å². The summed E-state index contributed by atoms with van der Waals surface area (Å²) < 4.78 is 26.5. The van der Waals surface area contributed by atoms with Crippen LogP contribution in [0.2, 0.25) is 0 Å². The SMILES string of the molecule is CCCNC(CC)c1cccc(S(=O)(=O)N(C)C(C)C)c1. The second-order valence-corrected chi connectivity index (χ2v) is 7.60. The molecule has 4 nitrogen and oxygen atoms in total. The van der Waals surface area contributed by atoms with Gasteiger partial charge in [-0.3, -0.25) is 0 Å². The van der Waals surface area contributed by atoms with Gasteiger partial charge in [-0.05, 0) is 50.9 Å². The van der Waals surface area contributed by atoms with Crippen LogP contribution in [0.15, 0.2) is 29.2 Å². The zero-order valence-corrected chi connectivity index (χ0v) is 14.6. The lowest BCUT2D eigenvalue weighted by Gasteiger charge is -2.22. The van der Waals surface area contributed by atoms with Crippen LogP contribution in [0, 0.1) is 0 Å². The van der Waals surface area contributed by atoms with Gasteiger partial charge in [0, 0.05) is 19.1 Å². The van der Waals surface area contributed by atoms with Crippen molar-refractivity contribution in [3.8, 4) is 0 Å². The Balaban J connectivity index is 3.10. The molecule has 0 aliphatic carbocycles. The Morgan fingerprint density at radius 3 is 2.43 bits per heavy atom. The van der Waals surface area contributed by atoms with Gasteiger partial charge in [-0.15, -0.1) is 0 Å². The van der Waals surface area contributed by atoms with E-state index in [1.807, 2.05) is 26.0 Å². The van der Waals surface area contributed by atoms with Crippen molar-refractivity contribution in [1.82, 2.24) is 9.62 Å². The van der Waals surface area contributed by atoms with E-state index >= 15 is 0 Å². The molecule has 1 N–H and O–H groups in total. The van der Waals surface area contributed by atoms with E-state index in [9.17, 15) is 8.42 Å². The highest BCUT2D eigenvalue weighted by Gasteiger charge is 2.23. The minimum absolute atomic E-state index is 0.0566. The summed E-state index contributed by atoms with van der Waals surface area (Å²) in [7, 11) is -1.79. The summed E-state index contributed by atoms with van der Waals surface area (Å²) in [6.07, 6.45) is 1.99. The zero-order valence-electron chi connectivity index (χ0n) is 13.8. The molecule has 0 bridgehead atoms. The number of rotatable bonds is 8. The van der Waals surface area contributed by atoms with E-state index in [2.05, 4.69) is 19.2 Å². The highest BCUT2D eigenvalue weighted by atomic mass is 32.2. The van der Waals surface area contributed by atoms with Gasteiger partial charge in [0.2, 0.25) is 10.0 Å². The van der Waals surface area contributed by atoms with Crippen molar-refractivity contribution in [3.63, 3.8) is 0 Å². The first-order valence-electron chi connectivity index (χ1n) is 7.65. The Hall–Kier alpha value is -0.910. The van der Waals surface area contributed by atoms with Crippen molar-refractivity contribution in [2.45, 2.75) is 57.5 Å². The third-order valence-electron chi connectivity index (χ3n) is 3.71. The summed E-state index contributed by atoms with van der Waals surface area (Å²) >= 11 is 0. The van der Waals surface area contributed by atoms with Crippen molar-refractivity contribution in [3.05, 3.63) is 29.8 Å². The molecule has 1 aromatic rings. The predicted molar refractivity (Wildman–Crippen MR) is 87.9 cm³/mol. The van der Waals surface area contributed by atoms with Crippen LogP contribution in [0.1, 0.15) is 52.1 Å². The van der Waals surface area contributed by atoms with Gasteiger partial charge in [0.15, 0.2) is 0 Å². The maximum absolute atomic E-state index is 12.6. The molecule has 0 spiro atoms. The molecule has 120 valence electrons. The van der Waals surface area contributed by atoms with Crippen molar-refractivity contribution in [1.29, 1.82) is 0 Å². The number of nitrogens with zero attached hydrogens (tertiary/aromatic N) is 1. The Bertz CT molecular complexity index is 541. The summed E-state index contributed by atoms with van der Waals surface area (Å²) in [6.45, 7) is 8.91. The molecular formula is C16H28N2O2S. The molecular weight excluding hydrogens is 284 g/mol. The largest absolute Gasteiger partial charge is 0.310 e. The molecule has 0 amide bonds. The number of sulfonamides is 1. The maximum atomic E-state index is 12.6. The summed E-state index contributed by atoms with van der Waals surface area (Å²) in [5, 5.41) is 3.46. The number of nitrogens with one attached hydrogen (secondary N) is 1. The Labute approximate surface area is 129 Å². The van der Waals surface area contributed by atoms with Gasteiger partial charge in [0.05, 0.1) is 4.90 Å². The van der Waals surface area contributed by atoms with E-state index in [1.54, 1.807) is 19.2 Å². The third kappa shape index (κ3) is 4.53. The molecule has 5 heteroatoms. The molecule has 0 saturated heterocycles. The average Bonchev–Trinajstić information content (AvgIpc) is 2.47. The highest BCUT2D eigenvalue weighted by Crippen LogP contribution is 2.22.